The van der Waals surface area contributed by atoms with Gasteiger partial charge in [-0.1, -0.05) is 26.0 Å². The monoisotopic (exact) mass is 489 g/mol. The molecule has 0 aliphatic rings. The Hall–Kier alpha value is -3.11. The quantitative estimate of drug-likeness (QED) is 0.421. The minimum atomic E-state index is -3.34. The molecule has 3 rings (SSSR count). The van der Waals surface area contributed by atoms with Crippen molar-refractivity contribution in [1.29, 1.82) is 0 Å². The number of aromatic nitrogens is 1. The van der Waals surface area contributed by atoms with E-state index in [0.717, 1.165) is 11.8 Å². The van der Waals surface area contributed by atoms with Crippen LogP contribution >= 0.6 is 11.3 Å². The standard InChI is InChI=1S/C23H27N3O5S2/c1-5-30-21-12-17(8-11-20(21)31-13-15(2)3)22(27)25-23-24-19(14-32-23)16-6-9-18(10-7-16)26-33(4,28)29/h6-12,14-15,26H,5,13H2,1-4H3,(H,24,25,27). The van der Waals surface area contributed by atoms with Crippen molar-refractivity contribution in [3.8, 4) is 22.8 Å². The van der Waals surface area contributed by atoms with Crippen molar-refractivity contribution in [2.24, 2.45) is 5.92 Å². The molecule has 0 saturated carbocycles. The number of nitrogens with one attached hydrogen (secondary N) is 2. The highest BCUT2D eigenvalue weighted by Gasteiger charge is 2.14. The van der Waals surface area contributed by atoms with E-state index in [2.05, 4.69) is 28.9 Å². The van der Waals surface area contributed by atoms with Crippen LogP contribution in [0, 0.1) is 5.92 Å². The lowest BCUT2D eigenvalue weighted by atomic mass is 10.1. The van der Waals surface area contributed by atoms with Gasteiger partial charge in [0.05, 0.1) is 25.2 Å². The van der Waals surface area contributed by atoms with Crippen LogP contribution in [0.15, 0.2) is 47.8 Å². The van der Waals surface area contributed by atoms with Crippen molar-refractivity contribution >= 4 is 38.1 Å². The van der Waals surface area contributed by atoms with Crippen LogP contribution in [0.1, 0.15) is 31.1 Å². The molecule has 0 fully saturated rings. The zero-order chi connectivity index (χ0) is 24.0. The van der Waals surface area contributed by atoms with Crippen LogP contribution in [-0.4, -0.2) is 38.8 Å². The summed E-state index contributed by atoms with van der Waals surface area (Å²) < 4.78 is 36.5. The molecule has 1 amide bonds. The van der Waals surface area contributed by atoms with Crippen LogP contribution in [0.2, 0.25) is 0 Å². The highest BCUT2D eigenvalue weighted by Crippen LogP contribution is 2.30. The molecule has 8 nitrogen and oxygen atoms in total. The first-order valence-corrected chi connectivity index (χ1v) is 13.2. The third-order valence-corrected chi connectivity index (χ3v) is 5.65. The first kappa shape index (κ1) is 24.5. The van der Waals surface area contributed by atoms with E-state index in [-0.39, 0.29) is 5.91 Å². The highest BCUT2D eigenvalue weighted by atomic mass is 32.2. The molecule has 0 aliphatic carbocycles. The number of carbonyl (C=O) groups is 1. The SMILES string of the molecule is CCOc1cc(C(=O)Nc2nc(-c3ccc(NS(C)(=O)=O)cc3)cs2)ccc1OCC(C)C. The summed E-state index contributed by atoms with van der Waals surface area (Å²) in [7, 11) is -3.34. The Morgan fingerprint density at radius 2 is 1.82 bits per heavy atom. The predicted octanol–water partition coefficient (Wildman–Crippen LogP) is 4.87. The maximum Gasteiger partial charge on any atom is 0.257 e. The van der Waals surface area contributed by atoms with E-state index >= 15 is 0 Å². The third-order valence-electron chi connectivity index (χ3n) is 4.29. The van der Waals surface area contributed by atoms with Crippen LogP contribution in [0.5, 0.6) is 11.5 Å². The van der Waals surface area contributed by atoms with Crippen molar-refractivity contribution in [3.05, 3.63) is 53.4 Å². The number of carbonyl (C=O) groups excluding carboxylic acids is 1. The summed E-state index contributed by atoms with van der Waals surface area (Å²) in [6, 6.07) is 11.9. The highest BCUT2D eigenvalue weighted by molar-refractivity contribution is 7.92. The van der Waals surface area contributed by atoms with Crippen LogP contribution in [0.3, 0.4) is 0 Å². The number of thiazole rings is 1. The van der Waals surface area contributed by atoms with E-state index in [9.17, 15) is 13.2 Å². The molecule has 3 aromatic rings. The molecule has 0 radical (unpaired) electrons. The second kappa shape index (κ2) is 10.7. The van der Waals surface area contributed by atoms with Gasteiger partial charge < -0.3 is 9.47 Å². The average Bonchev–Trinajstić information content (AvgIpc) is 3.20. The van der Waals surface area contributed by atoms with Gasteiger partial charge in [0.1, 0.15) is 0 Å². The number of rotatable bonds is 10. The molecule has 0 bridgehead atoms. The Labute approximate surface area is 198 Å². The predicted molar refractivity (Wildman–Crippen MR) is 132 cm³/mol. The molecule has 0 unspecified atom stereocenters. The lowest BCUT2D eigenvalue weighted by Crippen LogP contribution is -2.12. The fraction of sp³-hybridized carbons (Fsp3) is 0.304. The molecule has 0 saturated heterocycles. The Balaban J connectivity index is 1.70. The van der Waals surface area contributed by atoms with E-state index in [4.69, 9.17) is 9.47 Å². The lowest BCUT2D eigenvalue weighted by molar-refractivity contribution is 0.102. The zero-order valence-corrected chi connectivity index (χ0v) is 20.5. The van der Waals surface area contributed by atoms with Crippen LogP contribution in [0.25, 0.3) is 11.3 Å². The lowest BCUT2D eigenvalue weighted by Gasteiger charge is -2.14. The first-order valence-electron chi connectivity index (χ1n) is 10.4. The number of ether oxygens (including phenoxy) is 2. The van der Waals surface area contributed by atoms with Crippen molar-refractivity contribution in [2.45, 2.75) is 20.8 Å². The van der Waals surface area contributed by atoms with Gasteiger partial charge in [-0.15, -0.1) is 11.3 Å². The summed E-state index contributed by atoms with van der Waals surface area (Å²) in [5, 5.41) is 5.08. The largest absolute Gasteiger partial charge is 0.490 e. The van der Waals surface area contributed by atoms with Gasteiger partial charge in [0, 0.05) is 22.2 Å². The zero-order valence-electron chi connectivity index (χ0n) is 18.9. The molecular weight excluding hydrogens is 462 g/mol. The number of sulfonamides is 1. The number of amides is 1. The summed E-state index contributed by atoms with van der Waals surface area (Å²) in [4.78, 5) is 17.2. The summed E-state index contributed by atoms with van der Waals surface area (Å²) in [6.45, 7) is 7.01. The second-order valence-corrected chi connectivity index (χ2v) is 10.3. The van der Waals surface area contributed by atoms with Gasteiger partial charge in [-0.25, -0.2) is 13.4 Å². The molecular formula is C23H27N3O5S2. The van der Waals surface area contributed by atoms with E-state index in [1.54, 1.807) is 42.5 Å². The van der Waals surface area contributed by atoms with Gasteiger partial charge in [0.25, 0.3) is 5.91 Å². The number of nitrogens with zero attached hydrogens (tertiary/aromatic N) is 1. The van der Waals surface area contributed by atoms with Gasteiger partial charge in [-0.3, -0.25) is 14.8 Å². The Kier molecular flexibility index (Phi) is 7.93. The van der Waals surface area contributed by atoms with Crippen LogP contribution < -0.4 is 19.5 Å². The molecule has 0 atom stereocenters. The van der Waals surface area contributed by atoms with Crippen LogP contribution in [0.4, 0.5) is 10.8 Å². The number of hydrogen-bond donors (Lipinski definition) is 2. The van der Waals surface area contributed by atoms with Gasteiger partial charge in [0.15, 0.2) is 16.6 Å². The first-order chi connectivity index (χ1) is 15.6. The molecule has 0 aliphatic heterocycles. The summed E-state index contributed by atoms with van der Waals surface area (Å²) in [5.41, 5.74) is 2.38. The van der Waals surface area contributed by atoms with Gasteiger partial charge in [-0.2, -0.15) is 0 Å². The van der Waals surface area contributed by atoms with Crippen molar-refractivity contribution in [2.75, 3.05) is 29.5 Å². The van der Waals surface area contributed by atoms with Gasteiger partial charge in [-0.05, 0) is 43.2 Å². The Bertz CT molecular complexity index is 1210. The average molecular weight is 490 g/mol. The Morgan fingerprint density at radius 3 is 2.45 bits per heavy atom. The molecule has 2 N–H and O–H groups in total. The number of benzene rings is 2. The van der Waals surface area contributed by atoms with Crippen molar-refractivity contribution in [3.63, 3.8) is 0 Å². The molecule has 10 heteroatoms. The summed E-state index contributed by atoms with van der Waals surface area (Å²) in [6.07, 6.45) is 1.10. The normalized spacial score (nSPS) is 11.3. The van der Waals surface area contributed by atoms with Crippen molar-refractivity contribution in [1.82, 2.24) is 4.98 Å². The van der Waals surface area contributed by atoms with E-state index in [1.807, 2.05) is 12.3 Å². The smallest absolute Gasteiger partial charge is 0.257 e. The number of hydrogen-bond acceptors (Lipinski definition) is 7. The van der Waals surface area contributed by atoms with Crippen molar-refractivity contribution < 1.29 is 22.7 Å². The van der Waals surface area contributed by atoms with Crippen LogP contribution in [-0.2, 0) is 10.0 Å². The summed E-state index contributed by atoms with van der Waals surface area (Å²) in [5.74, 6) is 1.19. The van der Waals surface area contributed by atoms with E-state index in [1.165, 1.54) is 11.3 Å². The third kappa shape index (κ3) is 7.19. The van der Waals surface area contributed by atoms with E-state index in [0.29, 0.717) is 52.7 Å². The molecule has 1 aromatic heterocycles. The second-order valence-electron chi connectivity index (χ2n) is 7.74. The van der Waals surface area contributed by atoms with Gasteiger partial charge >= 0.3 is 0 Å². The minimum absolute atomic E-state index is 0.306. The maximum absolute atomic E-state index is 12.8. The summed E-state index contributed by atoms with van der Waals surface area (Å²) >= 11 is 1.30. The minimum Gasteiger partial charge on any atom is -0.490 e. The van der Waals surface area contributed by atoms with Gasteiger partial charge in [0.2, 0.25) is 10.0 Å². The molecule has 2 aromatic carbocycles. The Morgan fingerprint density at radius 1 is 1.09 bits per heavy atom. The number of anilines is 2. The molecule has 33 heavy (non-hydrogen) atoms. The maximum atomic E-state index is 12.8. The van der Waals surface area contributed by atoms with E-state index < -0.39 is 10.0 Å². The fourth-order valence-electron chi connectivity index (χ4n) is 2.85. The fourth-order valence-corrected chi connectivity index (χ4v) is 4.13. The molecule has 176 valence electrons. The molecule has 1 heterocycles. The molecule has 0 spiro atoms. The topological polar surface area (TPSA) is 107 Å².